The molecule has 4 heterocycles. The van der Waals surface area contributed by atoms with Crippen LogP contribution in [0.3, 0.4) is 0 Å². The molecule has 6 amide bonds. The average Bonchev–Trinajstić information content (AvgIpc) is 1.72. The van der Waals surface area contributed by atoms with Crippen LogP contribution in [0.2, 0.25) is 0 Å². The highest BCUT2D eigenvalue weighted by Crippen LogP contribution is 2.31. The van der Waals surface area contributed by atoms with Crippen molar-refractivity contribution in [3.05, 3.63) is 70.8 Å². The number of aliphatic carboxylic acids is 4. The number of aliphatic hydroxyl groups excluding tert-OH is 1. The van der Waals surface area contributed by atoms with Crippen molar-refractivity contribution < 1.29 is 87.9 Å². The van der Waals surface area contributed by atoms with Gasteiger partial charge in [0, 0.05) is 126 Å². The van der Waals surface area contributed by atoms with E-state index in [0.29, 0.717) is 73.8 Å². The minimum absolute atomic E-state index is 0.0332. The smallest absolute Gasteiger partial charge is 0.317 e. The summed E-state index contributed by atoms with van der Waals surface area (Å²) in [5.41, 5.74) is 8.75. The number of carbonyl (C=O) groups is 13. The number of nitrogens with two attached hydrogens (primary N) is 1. The quantitative estimate of drug-likeness (QED) is 0.0580. The summed E-state index contributed by atoms with van der Waals surface area (Å²) in [7, 11) is 0. The van der Waals surface area contributed by atoms with E-state index in [-0.39, 0.29) is 146 Å². The number of rotatable bonds is 27. The fraction of sp³-hybridized carbons (Fsp3) is 0.643. The molecule has 558 valence electrons. The molecule has 2 bridgehead atoms. The summed E-state index contributed by atoms with van der Waals surface area (Å²) < 4.78 is 0. The molecule has 0 aromatic heterocycles. The van der Waals surface area contributed by atoms with Gasteiger partial charge < -0.3 is 57.0 Å². The summed E-state index contributed by atoms with van der Waals surface area (Å²) in [6.07, 6.45) is 1.75. The molecule has 3 fully saturated rings. The van der Waals surface area contributed by atoms with Gasteiger partial charge in [-0.1, -0.05) is 68.3 Å². The molecule has 2 aromatic rings. The molecule has 8 atom stereocenters. The lowest BCUT2D eigenvalue weighted by Crippen LogP contribution is -2.61. The Bertz CT molecular complexity index is 3140. The third kappa shape index (κ3) is 29.0. The Labute approximate surface area is 603 Å². The summed E-state index contributed by atoms with van der Waals surface area (Å²) in [6, 6.07) is 8.02. The highest BCUT2D eigenvalue weighted by molar-refractivity contribution is 7.99. The number of carbonyl (C=O) groups excluding carboxylic acids is 9. The van der Waals surface area contributed by atoms with Gasteiger partial charge in [0.15, 0.2) is 5.78 Å². The SMILES string of the molecule is CCCCCC(=O)C[C@@H]1CSCc2cc(CSCCCC(=O)CN3CCN(CC(=O)O)CCN(CC(=O)O)CCN(CC(=O)O)CC3)cc(c2)CSC[C@@H](C(=O)O)CC(=O)[C@H](Cc2ccccc2)NC(=O)[C@H](CCC(N)=O)NC(=O)[C@H]([C@@H](C)O)NC(=O)[C@@H]2CCCN2C(=O)[C@@H]2CCCN2C1=O. The molecule has 0 spiro atoms. The zero-order valence-electron chi connectivity index (χ0n) is 58.0. The molecule has 0 aliphatic carbocycles. The van der Waals surface area contributed by atoms with E-state index in [2.05, 4.69) is 16.0 Å². The monoisotopic (exact) mass is 1470 g/mol. The molecule has 0 saturated carbocycles. The molecule has 6 rings (SSSR count). The molecule has 4 aliphatic rings. The number of aliphatic hydroxyl groups is 1. The van der Waals surface area contributed by atoms with Gasteiger partial charge in [-0.2, -0.15) is 35.3 Å². The lowest BCUT2D eigenvalue weighted by molar-refractivity contribution is -0.148. The van der Waals surface area contributed by atoms with Gasteiger partial charge in [-0.15, -0.1) is 0 Å². The van der Waals surface area contributed by atoms with Crippen LogP contribution in [0.1, 0.15) is 126 Å². The number of carboxylic acids is 4. The van der Waals surface area contributed by atoms with Crippen LogP contribution in [0.4, 0.5) is 0 Å². The van der Waals surface area contributed by atoms with Crippen molar-refractivity contribution in [3.8, 4) is 0 Å². The fourth-order valence-corrected chi connectivity index (χ4v) is 16.1. The predicted octanol–water partition coefficient (Wildman–Crippen LogP) is 2.37. The summed E-state index contributed by atoms with van der Waals surface area (Å²) >= 11 is 4.34. The number of Topliss-reactive ketones (excluding diaryl/α,β-unsaturated/α-hetero) is 3. The van der Waals surface area contributed by atoms with Gasteiger partial charge in [-0.05, 0) is 86.3 Å². The van der Waals surface area contributed by atoms with Gasteiger partial charge in [0.1, 0.15) is 35.7 Å². The number of hydrogen-bond acceptors (Lipinski definition) is 21. The summed E-state index contributed by atoms with van der Waals surface area (Å²) in [5, 5.41) is 58.4. The molecule has 101 heavy (non-hydrogen) atoms. The summed E-state index contributed by atoms with van der Waals surface area (Å²) in [4.78, 5) is 185. The number of ketones is 3. The van der Waals surface area contributed by atoms with Gasteiger partial charge in [-0.3, -0.25) is 81.9 Å². The van der Waals surface area contributed by atoms with Gasteiger partial charge in [0.25, 0.3) is 0 Å². The Balaban J connectivity index is 1.26. The fourth-order valence-electron chi connectivity index (χ4n) is 13.0. The van der Waals surface area contributed by atoms with E-state index in [0.717, 1.165) is 29.5 Å². The van der Waals surface area contributed by atoms with Gasteiger partial charge >= 0.3 is 23.9 Å². The first-order valence-corrected chi connectivity index (χ1v) is 38.4. The van der Waals surface area contributed by atoms with E-state index in [1.165, 1.54) is 40.2 Å². The summed E-state index contributed by atoms with van der Waals surface area (Å²) in [5.74, 6) is -9.69. The molecule has 28 nitrogen and oxygen atoms in total. The van der Waals surface area contributed by atoms with Crippen molar-refractivity contribution in [1.29, 1.82) is 0 Å². The predicted molar refractivity (Wildman–Crippen MR) is 381 cm³/mol. The lowest BCUT2D eigenvalue weighted by atomic mass is 9.95. The highest BCUT2D eigenvalue weighted by Gasteiger charge is 2.45. The first-order valence-electron chi connectivity index (χ1n) is 35.0. The number of benzene rings is 2. The number of nitrogens with zero attached hydrogens (tertiary/aromatic N) is 6. The van der Waals surface area contributed by atoms with E-state index in [4.69, 9.17) is 5.73 Å². The van der Waals surface area contributed by atoms with Crippen molar-refractivity contribution in [1.82, 2.24) is 45.3 Å². The van der Waals surface area contributed by atoms with E-state index in [1.54, 1.807) is 56.8 Å². The third-order valence-electron chi connectivity index (χ3n) is 18.4. The molecule has 31 heteroatoms. The lowest BCUT2D eigenvalue weighted by Gasteiger charge is -2.33. The standard InChI is InChI=1S/C70H102N10O18S3/c1-3-4-6-14-53(82)35-51-44-100-42-49-31-48(41-99-30-11-15-54(83)37-75-22-24-76(38-61(86)87)26-28-78(40-63(90)91)29-27-77(25-23-75)39-62(88)89)32-50(33-49)43-101-45-52(70(97)98)36-59(84)56(34-47-12-7-5-8-13-47)73-65(92)55(18-19-60(71)85)72-67(94)64(46(2)81)74-66(93)57-16-9-20-79(57)69(96)58-17-10-21-80(58)68(51)95/h5,7-8,12-13,31-33,46,51-52,55-58,64,81H,3-4,6,9-11,14-30,34-45H2,1-2H3,(H2,71,85)(H,72,94)(H,73,92)(H,74,93)(H,86,87)(H,88,89)(H,90,91)(H,97,98)/t46-,51-,52+,55+,56+,57+,58+,64+/m1/s1. The second-order valence-corrected chi connectivity index (χ2v) is 29.9. The second-order valence-electron chi connectivity index (χ2n) is 26.7. The number of primary amides is 1. The highest BCUT2D eigenvalue weighted by atomic mass is 32.2. The zero-order chi connectivity index (χ0) is 73.5. The molecule has 2 aromatic carbocycles. The average molecular weight is 1470 g/mol. The van der Waals surface area contributed by atoms with Crippen LogP contribution in [0.15, 0.2) is 48.5 Å². The number of nitrogens with one attached hydrogen (secondary N) is 3. The minimum Gasteiger partial charge on any atom is -0.481 e. The van der Waals surface area contributed by atoms with E-state index >= 15 is 0 Å². The largest absolute Gasteiger partial charge is 0.481 e. The Hall–Kier alpha value is -7.00. The molecule has 0 unspecified atom stereocenters. The summed E-state index contributed by atoms with van der Waals surface area (Å²) in [6.45, 7) is 4.94. The van der Waals surface area contributed by atoms with Crippen LogP contribution in [0.5, 0.6) is 0 Å². The van der Waals surface area contributed by atoms with Crippen molar-refractivity contribution in [3.63, 3.8) is 0 Å². The Morgan fingerprint density at radius 1 is 0.594 bits per heavy atom. The van der Waals surface area contributed by atoms with Crippen LogP contribution < -0.4 is 21.7 Å². The maximum atomic E-state index is 15.0. The number of unbranched alkanes of at least 4 members (excludes halogenated alkanes) is 2. The number of amides is 6. The van der Waals surface area contributed by atoms with E-state index in [9.17, 15) is 87.9 Å². The van der Waals surface area contributed by atoms with Gasteiger partial charge in [0.2, 0.25) is 35.4 Å². The first kappa shape index (κ1) is 83.0. The van der Waals surface area contributed by atoms with Gasteiger partial charge in [-0.25, -0.2) is 0 Å². The Morgan fingerprint density at radius 3 is 1.67 bits per heavy atom. The number of carboxylic acid groups (broad SMARTS) is 4. The second kappa shape index (κ2) is 43.2. The molecular formula is C70H102N10O18S3. The van der Waals surface area contributed by atoms with Crippen LogP contribution in [0.25, 0.3) is 0 Å². The zero-order valence-corrected chi connectivity index (χ0v) is 60.5. The maximum Gasteiger partial charge on any atom is 0.317 e. The normalized spacial score (nSPS) is 23.5. The molecule has 0 radical (unpaired) electrons. The molecular weight excluding hydrogens is 1370 g/mol. The number of hydrogen-bond donors (Lipinski definition) is 9. The van der Waals surface area contributed by atoms with Crippen LogP contribution in [-0.2, 0) is 86.0 Å². The first-order chi connectivity index (χ1) is 48.3. The van der Waals surface area contributed by atoms with Crippen molar-refractivity contribution in [2.45, 2.75) is 164 Å². The van der Waals surface area contributed by atoms with Crippen molar-refractivity contribution >= 4 is 112 Å². The van der Waals surface area contributed by atoms with Crippen molar-refractivity contribution in [2.75, 3.05) is 109 Å². The van der Waals surface area contributed by atoms with Crippen LogP contribution in [0, 0.1) is 11.8 Å². The maximum absolute atomic E-state index is 15.0. The third-order valence-corrected chi connectivity index (χ3v) is 21.9. The van der Waals surface area contributed by atoms with E-state index in [1.807, 2.05) is 30.0 Å². The van der Waals surface area contributed by atoms with E-state index < -0.39 is 120 Å². The van der Waals surface area contributed by atoms with Crippen LogP contribution >= 0.6 is 35.3 Å². The topological polar surface area (TPSA) is 405 Å². The van der Waals surface area contributed by atoms with Gasteiger partial charge in [0.05, 0.1) is 50.2 Å². The molecule has 4 aliphatic heterocycles. The molecule has 3 saturated heterocycles. The number of fused-ring (bicyclic) bond motifs is 4. The van der Waals surface area contributed by atoms with Crippen LogP contribution in [-0.4, -0.2) is 277 Å². The Morgan fingerprint density at radius 2 is 1.13 bits per heavy atom. The number of thioether (sulfide) groups is 3. The minimum atomic E-state index is -1.69. The molecule has 10 N–H and O–H groups in total. The van der Waals surface area contributed by atoms with Crippen molar-refractivity contribution in [2.24, 2.45) is 17.6 Å². The Kier molecular flexibility index (Phi) is 35.5.